The second kappa shape index (κ2) is 8.14. The van der Waals surface area contributed by atoms with Gasteiger partial charge in [-0.1, -0.05) is 20.3 Å². The summed E-state index contributed by atoms with van der Waals surface area (Å²) in [7, 11) is 0. The molecule has 1 heterocycles. The molecule has 1 amide bonds. The third-order valence-electron chi connectivity index (χ3n) is 2.58. The lowest BCUT2D eigenvalue weighted by Gasteiger charge is -2.14. The Labute approximate surface area is 108 Å². The lowest BCUT2D eigenvalue weighted by Crippen LogP contribution is -2.33. The van der Waals surface area contributed by atoms with E-state index in [1.54, 1.807) is 6.07 Å². The van der Waals surface area contributed by atoms with Crippen molar-refractivity contribution in [1.82, 2.24) is 5.32 Å². The molecule has 3 N–H and O–H groups in total. The summed E-state index contributed by atoms with van der Waals surface area (Å²) >= 11 is 0. The lowest BCUT2D eigenvalue weighted by molar-refractivity contribution is 0.0933. The first kappa shape index (κ1) is 16.0. The minimum atomic E-state index is -0.0799. The molecule has 0 aromatic carbocycles. The summed E-state index contributed by atoms with van der Waals surface area (Å²) in [5.41, 5.74) is 5.96. The Bertz CT molecular complexity index is 339. The van der Waals surface area contributed by atoms with E-state index in [2.05, 4.69) is 19.2 Å². The van der Waals surface area contributed by atoms with Crippen LogP contribution in [0.2, 0.25) is 0 Å². The van der Waals surface area contributed by atoms with E-state index in [1.807, 2.05) is 0 Å². The van der Waals surface area contributed by atoms with Crippen LogP contribution in [0.3, 0.4) is 0 Å². The molecule has 0 aliphatic carbocycles. The number of amides is 1. The van der Waals surface area contributed by atoms with E-state index in [4.69, 9.17) is 10.2 Å². The number of hydrogen-bond acceptors (Lipinski definition) is 3. The molecule has 4 nitrogen and oxygen atoms in total. The van der Waals surface area contributed by atoms with Gasteiger partial charge >= 0.3 is 0 Å². The van der Waals surface area contributed by atoms with Crippen molar-refractivity contribution in [3.8, 4) is 0 Å². The summed E-state index contributed by atoms with van der Waals surface area (Å²) in [6, 6.07) is 1.93. The smallest absolute Gasteiger partial charge is 0.254 e. The molecule has 1 rings (SSSR count). The van der Waals surface area contributed by atoms with Crippen LogP contribution in [-0.4, -0.2) is 11.9 Å². The Morgan fingerprint density at radius 1 is 1.53 bits per heavy atom. The summed E-state index contributed by atoms with van der Waals surface area (Å²) in [4.78, 5) is 11.8. The van der Waals surface area contributed by atoms with Crippen LogP contribution < -0.4 is 11.1 Å². The van der Waals surface area contributed by atoms with Gasteiger partial charge in [-0.05, 0) is 18.9 Å². The highest BCUT2D eigenvalue weighted by Gasteiger charge is 2.13. The highest BCUT2D eigenvalue weighted by atomic mass is 35.5. The maximum Gasteiger partial charge on any atom is 0.254 e. The average Bonchev–Trinajstić information content (AvgIpc) is 2.76. The highest BCUT2D eigenvalue weighted by Crippen LogP contribution is 2.08. The van der Waals surface area contributed by atoms with Crippen molar-refractivity contribution in [1.29, 1.82) is 0 Å². The van der Waals surface area contributed by atoms with Gasteiger partial charge in [0.1, 0.15) is 12.0 Å². The van der Waals surface area contributed by atoms with Crippen molar-refractivity contribution in [2.45, 2.75) is 45.7 Å². The minimum absolute atomic E-state index is 0. The summed E-state index contributed by atoms with van der Waals surface area (Å²) in [5, 5.41) is 2.98. The molecule has 0 fully saturated rings. The second-order valence-electron chi connectivity index (χ2n) is 3.87. The normalized spacial score (nSPS) is 11.7. The van der Waals surface area contributed by atoms with Gasteiger partial charge in [-0.3, -0.25) is 4.79 Å². The number of carbonyl (C=O) groups excluding carboxylic acids is 1. The summed E-state index contributed by atoms with van der Waals surface area (Å²) in [5.74, 6) is 0.553. The molecule has 0 spiro atoms. The van der Waals surface area contributed by atoms with Gasteiger partial charge in [0.05, 0.1) is 12.1 Å². The number of nitrogens with one attached hydrogen (secondary N) is 1. The SMILES string of the molecule is CCCC(CC)NC(=O)c1coc(CN)c1.Cl. The van der Waals surface area contributed by atoms with Crippen LogP contribution >= 0.6 is 12.4 Å². The van der Waals surface area contributed by atoms with Crippen LogP contribution in [0.5, 0.6) is 0 Å². The first-order valence-corrected chi connectivity index (χ1v) is 5.79. The van der Waals surface area contributed by atoms with Crippen LogP contribution in [-0.2, 0) is 6.54 Å². The minimum Gasteiger partial charge on any atom is -0.467 e. The van der Waals surface area contributed by atoms with Crippen LogP contribution in [0, 0.1) is 0 Å². The van der Waals surface area contributed by atoms with Crippen molar-refractivity contribution in [3.63, 3.8) is 0 Å². The fraction of sp³-hybridized carbons (Fsp3) is 0.583. The molecule has 0 aliphatic heterocycles. The predicted molar refractivity (Wildman–Crippen MR) is 70.3 cm³/mol. The van der Waals surface area contributed by atoms with E-state index >= 15 is 0 Å². The van der Waals surface area contributed by atoms with Crippen molar-refractivity contribution in [2.75, 3.05) is 0 Å². The molecule has 17 heavy (non-hydrogen) atoms. The molecule has 5 heteroatoms. The highest BCUT2D eigenvalue weighted by molar-refractivity contribution is 5.94. The monoisotopic (exact) mass is 260 g/mol. The second-order valence-corrected chi connectivity index (χ2v) is 3.87. The largest absolute Gasteiger partial charge is 0.467 e. The molecule has 1 aromatic rings. The molecule has 0 aliphatic rings. The zero-order valence-corrected chi connectivity index (χ0v) is 11.2. The molecule has 1 aromatic heterocycles. The van der Waals surface area contributed by atoms with Gasteiger partial charge in [0.15, 0.2) is 0 Å². The molecule has 0 bridgehead atoms. The molecular weight excluding hydrogens is 240 g/mol. The van der Waals surface area contributed by atoms with E-state index in [0.29, 0.717) is 17.9 Å². The van der Waals surface area contributed by atoms with E-state index in [1.165, 1.54) is 6.26 Å². The first-order chi connectivity index (χ1) is 7.71. The molecule has 0 saturated carbocycles. The van der Waals surface area contributed by atoms with Crippen LogP contribution in [0.1, 0.15) is 49.2 Å². The number of hydrogen-bond donors (Lipinski definition) is 2. The van der Waals surface area contributed by atoms with Crippen LogP contribution in [0.25, 0.3) is 0 Å². The molecule has 1 atom stereocenters. The van der Waals surface area contributed by atoms with E-state index in [9.17, 15) is 4.79 Å². The van der Waals surface area contributed by atoms with Gasteiger partial charge in [-0.15, -0.1) is 12.4 Å². The number of halogens is 1. The molecule has 98 valence electrons. The van der Waals surface area contributed by atoms with E-state index in [-0.39, 0.29) is 24.4 Å². The predicted octanol–water partition coefficient (Wildman–Crippen LogP) is 2.47. The van der Waals surface area contributed by atoms with E-state index < -0.39 is 0 Å². The van der Waals surface area contributed by atoms with Crippen LogP contribution in [0.4, 0.5) is 0 Å². The Hall–Kier alpha value is -1.00. The third kappa shape index (κ3) is 4.79. The Morgan fingerprint density at radius 3 is 2.71 bits per heavy atom. The maximum absolute atomic E-state index is 11.8. The fourth-order valence-electron chi connectivity index (χ4n) is 1.60. The molecule has 1 unspecified atom stereocenters. The molecule has 0 radical (unpaired) electrons. The molecule has 0 saturated heterocycles. The van der Waals surface area contributed by atoms with Gasteiger partial charge in [0, 0.05) is 6.04 Å². The topological polar surface area (TPSA) is 68.3 Å². The zero-order valence-electron chi connectivity index (χ0n) is 10.4. The van der Waals surface area contributed by atoms with E-state index in [0.717, 1.165) is 19.3 Å². The Morgan fingerprint density at radius 2 is 2.24 bits per heavy atom. The Kier molecular flexibility index (Phi) is 7.66. The van der Waals surface area contributed by atoms with Gasteiger partial charge < -0.3 is 15.5 Å². The van der Waals surface area contributed by atoms with Crippen molar-refractivity contribution in [2.24, 2.45) is 5.73 Å². The average molecular weight is 261 g/mol. The van der Waals surface area contributed by atoms with Gasteiger partial charge in [0.2, 0.25) is 0 Å². The van der Waals surface area contributed by atoms with Gasteiger partial charge in [-0.25, -0.2) is 0 Å². The summed E-state index contributed by atoms with van der Waals surface area (Å²) in [6.07, 6.45) is 4.47. The first-order valence-electron chi connectivity index (χ1n) is 5.79. The van der Waals surface area contributed by atoms with Gasteiger partial charge in [-0.2, -0.15) is 0 Å². The maximum atomic E-state index is 11.8. The zero-order chi connectivity index (χ0) is 12.0. The number of nitrogens with two attached hydrogens (primary N) is 1. The molecular formula is C12H21ClN2O2. The Balaban J connectivity index is 0.00000256. The van der Waals surface area contributed by atoms with Crippen molar-refractivity contribution in [3.05, 3.63) is 23.7 Å². The van der Waals surface area contributed by atoms with Crippen molar-refractivity contribution >= 4 is 18.3 Å². The summed E-state index contributed by atoms with van der Waals surface area (Å²) < 4.78 is 5.12. The number of furan rings is 1. The number of rotatable bonds is 6. The number of carbonyl (C=O) groups is 1. The standard InChI is InChI=1S/C12H20N2O2.ClH/c1-3-5-10(4-2)14-12(15)9-6-11(7-13)16-8-9;/h6,8,10H,3-5,7,13H2,1-2H3,(H,14,15);1H. The third-order valence-corrected chi connectivity index (χ3v) is 2.58. The summed E-state index contributed by atoms with van der Waals surface area (Å²) in [6.45, 7) is 4.50. The van der Waals surface area contributed by atoms with Crippen LogP contribution in [0.15, 0.2) is 16.7 Å². The van der Waals surface area contributed by atoms with Gasteiger partial charge in [0.25, 0.3) is 5.91 Å². The fourth-order valence-corrected chi connectivity index (χ4v) is 1.60. The lowest BCUT2D eigenvalue weighted by atomic mass is 10.1. The van der Waals surface area contributed by atoms with Crippen molar-refractivity contribution < 1.29 is 9.21 Å². The quantitative estimate of drug-likeness (QED) is 0.826.